The van der Waals surface area contributed by atoms with Crippen molar-refractivity contribution < 1.29 is 4.79 Å². The molecule has 1 rings (SSSR count). The molecule has 1 fully saturated rings. The number of nitrogens with zero attached hydrogens (tertiary/aromatic N) is 2. The molecule has 0 aromatic rings. The van der Waals surface area contributed by atoms with Gasteiger partial charge in [0.15, 0.2) is 0 Å². The lowest BCUT2D eigenvalue weighted by Crippen LogP contribution is -2.54. The fraction of sp³-hybridized carbons (Fsp3) is 0.800. The third kappa shape index (κ3) is 3.14. The molecule has 1 saturated heterocycles. The van der Waals surface area contributed by atoms with E-state index in [-0.39, 0.29) is 11.9 Å². The van der Waals surface area contributed by atoms with E-state index in [1.807, 2.05) is 4.90 Å². The van der Waals surface area contributed by atoms with Crippen LogP contribution in [0.4, 0.5) is 0 Å². The van der Waals surface area contributed by atoms with Gasteiger partial charge in [0.25, 0.3) is 0 Å². The molecule has 1 unspecified atom stereocenters. The summed E-state index contributed by atoms with van der Waals surface area (Å²) in [5.41, 5.74) is 5.68. The van der Waals surface area contributed by atoms with Gasteiger partial charge in [-0.05, 0) is 6.42 Å². The highest BCUT2D eigenvalue weighted by molar-refractivity contribution is 7.80. The maximum absolute atomic E-state index is 11.1. The SMILES string of the molecule is CCC(C(N)=S)N1CCN(C(C)=O)CC1. The van der Waals surface area contributed by atoms with Gasteiger partial charge in [-0.1, -0.05) is 19.1 Å². The van der Waals surface area contributed by atoms with Gasteiger partial charge in [-0.3, -0.25) is 9.69 Å². The van der Waals surface area contributed by atoms with Crippen molar-refractivity contribution in [3.05, 3.63) is 0 Å². The number of nitrogens with two attached hydrogens (primary N) is 1. The van der Waals surface area contributed by atoms with Gasteiger partial charge in [-0.15, -0.1) is 0 Å². The Labute approximate surface area is 96.4 Å². The molecule has 0 aromatic carbocycles. The Morgan fingerprint density at radius 2 is 1.93 bits per heavy atom. The minimum Gasteiger partial charge on any atom is -0.392 e. The van der Waals surface area contributed by atoms with E-state index in [9.17, 15) is 4.79 Å². The zero-order valence-corrected chi connectivity index (χ0v) is 10.2. The summed E-state index contributed by atoms with van der Waals surface area (Å²) >= 11 is 5.03. The molecule has 1 atom stereocenters. The number of amides is 1. The molecule has 2 N–H and O–H groups in total. The van der Waals surface area contributed by atoms with Crippen molar-refractivity contribution in [1.29, 1.82) is 0 Å². The van der Waals surface area contributed by atoms with Crippen molar-refractivity contribution in [2.24, 2.45) is 5.73 Å². The smallest absolute Gasteiger partial charge is 0.219 e. The molecular formula is C10H19N3OS. The lowest BCUT2D eigenvalue weighted by atomic mass is 10.1. The number of hydrogen-bond donors (Lipinski definition) is 1. The quantitative estimate of drug-likeness (QED) is 0.703. The Balaban J connectivity index is 2.49. The highest BCUT2D eigenvalue weighted by atomic mass is 32.1. The van der Waals surface area contributed by atoms with Crippen molar-refractivity contribution in [3.8, 4) is 0 Å². The number of carbonyl (C=O) groups excluding carboxylic acids is 1. The topological polar surface area (TPSA) is 49.6 Å². The zero-order valence-electron chi connectivity index (χ0n) is 9.40. The van der Waals surface area contributed by atoms with Crippen LogP contribution in [0.2, 0.25) is 0 Å². The van der Waals surface area contributed by atoms with Crippen LogP contribution in [-0.4, -0.2) is 52.9 Å². The second kappa shape index (κ2) is 5.42. The maximum Gasteiger partial charge on any atom is 0.219 e. The second-order valence-corrected chi connectivity index (χ2v) is 4.34. The fourth-order valence-electron chi connectivity index (χ4n) is 1.99. The summed E-state index contributed by atoms with van der Waals surface area (Å²) in [5.74, 6) is 0.151. The van der Waals surface area contributed by atoms with Gasteiger partial charge < -0.3 is 10.6 Å². The van der Waals surface area contributed by atoms with Crippen LogP contribution in [0.1, 0.15) is 20.3 Å². The van der Waals surface area contributed by atoms with E-state index in [1.54, 1.807) is 6.92 Å². The lowest BCUT2D eigenvalue weighted by molar-refractivity contribution is -0.130. The molecule has 86 valence electrons. The van der Waals surface area contributed by atoms with Gasteiger partial charge in [-0.25, -0.2) is 0 Å². The summed E-state index contributed by atoms with van der Waals surface area (Å²) in [6, 6.07) is 0.189. The summed E-state index contributed by atoms with van der Waals surface area (Å²) in [6.45, 7) is 7.01. The maximum atomic E-state index is 11.1. The summed E-state index contributed by atoms with van der Waals surface area (Å²) in [7, 11) is 0. The first-order valence-corrected chi connectivity index (χ1v) is 5.76. The van der Waals surface area contributed by atoms with E-state index in [0.29, 0.717) is 4.99 Å². The first-order valence-electron chi connectivity index (χ1n) is 5.35. The summed E-state index contributed by atoms with van der Waals surface area (Å²) in [6.07, 6.45) is 0.940. The largest absolute Gasteiger partial charge is 0.392 e. The molecular weight excluding hydrogens is 210 g/mol. The third-order valence-electron chi connectivity index (χ3n) is 2.92. The summed E-state index contributed by atoms with van der Waals surface area (Å²) in [5, 5.41) is 0. The molecule has 0 saturated carbocycles. The van der Waals surface area contributed by atoms with Gasteiger partial charge in [0.05, 0.1) is 11.0 Å². The average Bonchev–Trinajstić information content (AvgIpc) is 2.19. The van der Waals surface area contributed by atoms with Crippen LogP contribution in [-0.2, 0) is 4.79 Å². The van der Waals surface area contributed by atoms with Gasteiger partial charge in [0.2, 0.25) is 5.91 Å². The van der Waals surface area contributed by atoms with E-state index in [2.05, 4.69) is 11.8 Å². The van der Waals surface area contributed by atoms with Crippen LogP contribution in [0.15, 0.2) is 0 Å². The Hall–Kier alpha value is -0.680. The molecule has 15 heavy (non-hydrogen) atoms. The number of piperazine rings is 1. The fourth-order valence-corrected chi connectivity index (χ4v) is 2.30. The first kappa shape index (κ1) is 12.4. The molecule has 1 aliphatic heterocycles. The minimum absolute atomic E-state index is 0.151. The number of rotatable bonds is 3. The number of thiocarbonyl (C=S) groups is 1. The van der Waals surface area contributed by atoms with Gasteiger partial charge in [-0.2, -0.15) is 0 Å². The molecule has 1 heterocycles. The van der Waals surface area contributed by atoms with E-state index in [1.165, 1.54) is 0 Å². The predicted octanol–water partition coefficient (Wildman–Crippen LogP) is 0.215. The lowest BCUT2D eigenvalue weighted by Gasteiger charge is -2.38. The highest BCUT2D eigenvalue weighted by Gasteiger charge is 2.24. The molecule has 1 aliphatic rings. The van der Waals surface area contributed by atoms with E-state index in [0.717, 1.165) is 32.6 Å². The molecule has 0 bridgehead atoms. The standard InChI is InChI=1S/C10H19N3OS/c1-3-9(10(11)15)13-6-4-12(5-7-13)8(2)14/h9H,3-7H2,1-2H3,(H2,11,15). The number of carbonyl (C=O) groups is 1. The van der Waals surface area contributed by atoms with Crippen LogP contribution in [0.3, 0.4) is 0 Å². The van der Waals surface area contributed by atoms with Crippen LogP contribution < -0.4 is 5.73 Å². The Morgan fingerprint density at radius 3 is 2.27 bits per heavy atom. The van der Waals surface area contributed by atoms with Crippen molar-refractivity contribution in [2.45, 2.75) is 26.3 Å². The Kier molecular flexibility index (Phi) is 4.47. The van der Waals surface area contributed by atoms with Crippen LogP contribution in [0.25, 0.3) is 0 Å². The minimum atomic E-state index is 0.151. The van der Waals surface area contributed by atoms with Crippen molar-refractivity contribution in [3.63, 3.8) is 0 Å². The van der Waals surface area contributed by atoms with Crippen LogP contribution in [0.5, 0.6) is 0 Å². The average molecular weight is 229 g/mol. The molecule has 0 spiro atoms. The highest BCUT2D eigenvalue weighted by Crippen LogP contribution is 2.09. The van der Waals surface area contributed by atoms with Crippen molar-refractivity contribution >= 4 is 23.1 Å². The molecule has 0 aliphatic carbocycles. The molecule has 0 aromatic heterocycles. The summed E-state index contributed by atoms with van der Waals surface area (Å²) < 4.78 is 0. The van der Waals surface area contributed by atoms with Crippen LogP contribution in [0, 0.1) is 0 Å². The molecule has 0 radical (unpaired) electrons. The van der Waals surface area contributed by atoms with Gasteiger partial charge in [0.1, 0.15) is 0 Å². The predicted molar refractivity (Wildman–Crippen MR) is 64.7 cm³/mol. The third-order valence-corrected chi connectivity index (χ3v) is 3.19. The second-order valence-electron chi connectivity index (χ2n) is 3.87. The number of hydrogen-bond acceptors (Lipinski definition) is 3. The van der Waals surface area contributed by atoms with Crippen LogP contribution >= 0.6 is 12.2 Å². The summed E-state index contributed by atoms with van der Waals surface area (Å²) in [4.78, 5) is 15.8. The van der Waals surface area contributed by atoms with Crippen molar-refractivity contribution in [1.82, 2.24) is 9.80 Å². The molecule has 1 amide bonds. The first-order chi connectivity index (χ1) is 7.06. The van der Waals surface area contributed by atoms with Crippen molar-refractivity contribution in [2.75, 3.05) is 26.2 Å². The molecule has 4 nitrogen and oxygen atoms in total. The molecule has 5 heteroatoms. The van der Waals surface area contributed by atoms with E-state index in [4.69, 9.17) is 18.0 Å². The van der Waals surface area contributed by atoms with E-state index < -0.39 is 0 Å². The Bertz CT molecular complexity index is 249. The van der Waals surface area contributed by atoms with E-state index >= 15 is 0 Å². The van der Waals surface area contributed by atoms with Gasteiger partial charge >= 0.3 is 0 Å². The zero-order chi connectivity index (χ0) is 11.4. The monoisotopic (exact) mass is 229 g/mol. The Morgan fingerprint density at radius 1 is 1.40 bits per heavy atom. The van der Waals surface area contributed by atoms with Gasteiger partial charge in [0, 0.05) is 33.1 Å². The normalized spacial score (nSPS) is 20.0.